The van der Waals surface area contributed by atoms with Crippen LogP contribution in [0.3, 0.4) is 0 Å². The summed E-state index contributed by atoms with van der Waals surface area (Å²) in [6, 6.07) is 0. The van der Waals surface area contributed by atoms with Crippen LogP contribution in [0.1, 0.15) is 393 Å². The standard InChI is InChI=1S/C71H134O6/c1-4-7-10-13-16-19-22-25-27-29-30-31-32-33-34-35-36-37-38-39-40-41-42-43-45-46-49-52-55-58-61-64-70(73)76-67-68(66-75-69(72)63-60-57-54-51-48-24-21-18-15-12-9-6-3)77-71(74)65-62-59-56-53-50-47-44-28-26-23-20-17-14-11-8-5-2/h18,21,29-30,68H,4-17,19-20,22-28,31-67H2,1-3H3/b21-18-,30-29-. The number of hydrogen-bond donors (Lipinski definition) is 0. The van der Waals surface area contributed by atoms with Gasteiger partial charge in [0.2, 0.25) is 0 Å². The zero-order valence-corrected chi connectivity index (χ0v) is 52.3. The Balaban J connectivity index is 4.09. The van der Waals surface area contributed by atoms with E-state index in [2.05, 4.69) is 45.1 Å². The predicted octanol–water partition coefficient (Wildman–Crippen LogP) is 23.8. The Morgan fingerprint density at radius 2 is 0.429 bits per heavy atom. The van der Waals surface area contributed by atoms with Gasteiger partial charge in [0.1, 0.15) is 13.2 Å². The minimum atomic E-state index is -0.770. The molecule has 0 bridgehead atoms. The summed E-state index contributed by atoms with van der Waals surface area (Å²) < 4.78 is 16.9. The summed E-state index contributed by atoms with van der Waals surface area (Å²) in [5, 5.41) is 0. The molecule has 0 N–H and O–H groups in total. The molecule has 0 aliphatic rings. The van der Waals surface area contributed by atoms with Gasteiger partial charge in [-0.3, -0.25) is 14.4 Å². The van der Waals surface area contributed by atoms with Crippen LogP contribution in [-0.4, -0.2) is 37.2 Å². The average Bonchev–Trinajstić information content (AvgIpc) is 3.43. The van der Waals surface area contributed by atoms with Crippen molar-refractivity contribution in [3.63, 3.8) is 0 Å². The van der Waals surface area contributed by atoms with E-state index in [1.54, 1.807) is 0 Å². The van der Waals surface area contributed by atoms with Crippen molar-refractivity contribution in [3.05, 3.63) is 24.3 Å². The summed E-state index contributed by atoms with van der Waals surface area (Å²) in [6.07, 6.45) is 80.8. The van der Waals surface area contributed by atoms with Gasteiger partial charge in [-0.15, -0.1) is 0 Å². The number of esters is 3. The summed E-state index contributed by atoms with van der Waals surface area (Å²) in [5.41, 5.74) is 0. The zero-order valence-electron chi connectivity index (χ0n) is 52.3. The van der Waals surface area contributed by atoms with Crippen LogP contribution in [0.2, 0.25) is 0 Å². The van der Waals surface area contributed by atoms with Crippen LogP contribution < -0.4 is 0 Å². The second-order valence-electron chi connectivity index (χ2n) is 23.8. The first-order valence-corrected chi connectivity index (χ1v) is 34.8. The Morgan fingerprint density at radius 1 is 0.247 bits per heavy atom. The van der Waals surface area contributed by atoms with Crippen molar-refractivity contribution in [2.24, 2.45) is 0 Å². The van der Waals surface area contributed by atoms with Crippen molar-refractivity contribution in [1.82, 2.24) is 0 Å². The molecule has 6 nitrogen and oxygen atoms in total. The molecule has 0 saturated carbocycles. The maximum absolute atomic E-state index is 12.9. The predicted molar refractivity (Wildman–Crippen MR) is 335 cm³/mol. The number of carbonyl (C=O) groups excluding carboxylic acids is 3. The fourth-order valence-electron chi connectivity index (χ4n) is 10.7. The largest absolute Gasteiger partial charge is 0.462 e. The van der Waals surface area contributed by atoms with E-state index in [0.717, 1.165) is 64.2 Å². The van der Waals surface area contributed by atoms with Gasteiger partial charge < -0.3 is 14.2 Å². The molecule has 1 unspecified atom stereocenters. The summed E-state index contributed by atoms with van der Waals surface area (Å²) >= 11 is 0. The quantitative estimate of drug-likeness (QED) is 0.0261. The molecule has 0 aromatic carbocycles. The van der Waals surface area contributed by atoms with E-state index in [1.165, 1.54) is 289 Å². The van der Waals surface area contributed by atoms with Crippen molar-refractivity contribution in [2.45, 2.75) is 399 Å². The summed E-state index contributed by atoms with van der Waals surface area (Å²) in [5.74, 6) is -0.848. The van der Waals surface area contributed by atoms with E-state index in [0.29, 0.717) is 19.3 Å². The van der Waals surface area contributed by atoms with Crippen LogP contribution in [0.5, 0.6) is 0 Å². The van der Waals surface area contributed by atoms with E-state index >= 15 is 0 Å². The maximum Gasteiger partial charge on any atom is 0.306 e. The van der Waals surface area contributed by atoms with E-state index in [9.17, 15) is 14.4 Å². The molecule has 77 heavy (non-hydrogen) atoms. The number of ether oxygens (including phenoxy) is 3. The molecular weight excluding hydrogens is 949 g/mol. The third-order valence-corrected chi connectivity index (χ3v) is 15.9. The first-order chi connectivity index (χ1) is 38.0. The molecule has 0 fully saturated rings. The Labute approximate surface area is 481 Å². The van der Waals surface area contributed by atoms with Crippen LogP contribution in [0.25, 0.3) is 0 Å². The van der Waals surface area contributed by atoms with Gasteiger partial charge >= 0.3 is 17.9 Å². The highest BCUT2D eigenvalue weighted by Crippen LogP contribution is 2.18. The highest BCUT2D eigenvalue weighted by atomic mass is 16.6. The molecule has 0 aromatic heterocycles. The molecule has 0 rings (SSSR count). The molecule has 454 valence electrons. The van der Waals surface area contributed by atoms with Crippen LogP contribution in [-0.2, 0) is 28.6 Å². The van der Waals surface area contributed by atoms with Gasteiger partial charge in [0.05, 0.1) is 0 Å². The van der Waals surface area contributed by atoms with Crippen molar-refractivity contribution in [2.75, 3.05) is 13.2 Å². The van der Waals surface area contributed by atoms with Gasteiger partial charge in [0, 0.05) is 19.3 Å². The lowest BCUT2D eigenvalue weighted by atomic mass is 10.0. The molecule has 0 aliphatic heterocycles. The molecule has 0 radical (unpaired) electrons. The second kappa shape index (κ2) is 66.4. The molecule has 0 heterocycles. The average molecular weight is 1080 g/mol. The zero-order chi connectivity index (χ0) is 55.7. The Bertz CT molecular complexity index is 1240. The topological polar surface area (TPSA) is 78.9 Å². The summed E-state index contributed by atoms with van der Waals surface area (Å²) in [7, 11) is 0. The molecule has 0 spiro atoms. The number of allylic oxidation sites excluding steroid dienone is 4. The molecule has 0 amide bonds. The normalized spacial score (nSPS) is 12.1. The number of rotatable bonds is 65. The number of unbranched alkanes of at least 4 members (excludes halogenated alkanes) is 50. The third kappa shape index (κ3) is 64.6. The lowest BCUT2D eigenvalue weighted by molar-refractivity contribution is -0.167. The van der Waals surface area contributed by atoms with Crippen LogP contribution in [0.15, 0.2) is 24.3 Å². The minimum absolute atomic E-state index is 0.0675. The molecule has 1 atom stereocenters. The van der Waals surface area contributed by atoms with Gasteiger partial charge in [0.15, 0.2) is 6.10 Å². The van der Waals surface area contributed by atoms with E-state index in [4.69, 9.17) is 14.2 Å². The highest BCUT2D eigenvalue weighted by molar-refractivity contribution is 5.71. The van der Waals surface area contributed by atoms with E-state index < -0.39 is 6.10 Å². The van der Waals surface area contributed by atoms with Crippen molar-refractivity contribution < 1.29 is 28.6 Å². The first-order valence-electron chi connectivity index (χ1n) is 34.8. The van der Waals surface area contributed by atoms with Crippen LogP contribution >= 0.6 is 0 Å². The maximum atomic E-state index is 12.9. The van der Waals surface area contributed by atoms with Crippen LogP contribution in [0.4, 0.5) is 0 Å². The van der Waals surface area contributed by atoms with Gasteiger partial charge in [-0.05, 0) is 70.6 Å². The summed E-state index contributed by atoms with van der Waals surface area (Å²) in [4.78, 5) is 38.3. The number of carbonyl (C=O) groups is 3. The number of hydrogen-bond acceptors (Lipinski definition) is 6. The van der Waals surface area contributed by atoms with E-state index in [-0.39, 0.29) is 31.1 Å². The van der Waals surface area contributed by atoms with Crippen molar-refractivity contribution in [1.29, 1.82) is 0 Å². The Morgan fingerprint density at radius 3 is 0.675 bits per heavy atom. The van der Waals surface area contributed by atoms with Crippen LogP contribution in [0, 0.1) is 0 Å². The molecular formula is C71H134O6. The monoisotopic (exact) mass is 1080 g/mol. The minimum Gasteiger partial charge on any atom is -0.462 e. The first kappa shape index (κ1) is 74.9. The fourth-order valence-corrected chi connectivity index (χ4v) is 10.7. The van der Waals surface area contributed by atoms with Gasteiger partial charge in [0.25, 0.3) is 0 Å². The SMILES string of the molecule is CCCCC/C=C\CCCCCCCC(=O)OCC(COC(=O)CCCCCCCCCCCCCCCCCCCCC/C=C\CCCCCCCCCC)OC(=O)CCCCCCCCCCCCCCCCCC. The Hall–Kier alpha value is -2.11. The Kier molecular flexibility index (Phi) is 64.6. The smallest absolute Gasteiger partial charge is 0.306 e. The lowest BCUT2D eigenvalue weighted by Crippen LogP contribution is -2.30. The highest BCUT2D eigenvalue weighted by Gasteiger charge is 2.19. The van der Waals surface area contributed by atoms with E-state index in [1.807, 2.05) is 0 Å². The molecule has 0 aromatic rings. The van der Waals surface area contributed by atoms with Gasteiger partial charge in [-0.25, -0.2) is 0 Å². The molecule has 6 heteroatoms. The van der Waals surface area contributed by atoms with Gasteiger partial charge in [-0.1, -0.05) is 328 Å². The van der Waals surface area contributed by atoms with Crippen molar-refractivity contribution >= 4 is 17.9 Å². The van der Waals surface area contributed by atoms with Gasteiger partial charge in [-0.2, -0.15) is 0 Å². The van der Waals surface area contributed by atoms with Crippen molar-refractivity contribution in [3.8, 4) is 0 Å². The second-order valence-corrected chi connectivity index (χ2v) is 23.8. The lowest BCUT2D eigenvalue weighted by Gasteiger charge is -2.18. The molecule has 0 aliphatic carbocycles. The third-order valence-electron chi connectivity index (χ3n) is 15.9. The molecule has 0 saturated heterocycles. The summed E-state index contributed by atoms with van der Waals surface area (Å²) in [6.45, 7) is 6.68. The fraction of sp³-hybridized carbons (Fsp3) is 0.901.